The van der Waals surface area contributed by atoms with E-state index in [4.69, 9.17) is 4.74 Å². The fourth-order valence-electron chi connectivity index (χ4n) is 3.97. The summed E-state index contributed by atoms with van der Waals surface area (Å²) in [5.74, 6) is 0.819. The summed E-state index contributed by atoms with van der Waals surface area (Å²) >= 11 is 0. The van der Waals surface area contributed by atoms with E-state index in [1.807, 2.05) is 18.2 Å². The number of nitrogens with one attached hydrogen (secondary N) is 1. The molecule has 1 atom stereocenters. The third-order valence-electron chi connectivity index (χ3n) is 5.54. The number of benzene rings is 2. The Morgan fingerprint density at radius 2 is 2.11 bits per heavy atom. The van der Waals surface area contributed by atoms with Crippen LogP contribution in [-0.4, -0.2) is 23.7 Å². The lowest BCUT2D eigenvalue weighted by Crippen LogP contribution is -2.41. The Kier molecular flexibility index (Phi) is 5.12. The lowest BCUT2D eigenvalue weighted by atomic mass is 9.74. The molecule has 2 aromatic rings. The second-order valence-corrected chi connectivity index (χ2v) is 7.53. The second-order valence-electron chi connectivity index (χ2n) is 7.53. The van der Waals surface area contributed by atoms with E-state index in [1.54, 1.807) is 6.07 Å². The zero-order valence-corrected chi connectivity index (χ0v) is 15.2. The number of aryl methyl sites for hydroxylation is 1. The maximum Gasteiger partial charge on any atom is 0.220 e. The Hall–Kier alpha value is -2.40. The van der Waals surface area contributed by atoms with E-state index in [9.17, 15) is 14.3 Å². The number of hydrogen-bond acceptors (Lipinski definition) is 3. The van der Waals surface area contributed by atoms with Crippen LogP contribution in [0.1, 0.15) is 42.0 Å². The van der Waals surface area contributed by atoms with Crippen molar-refractivity contribution < 1.29 is 19.0 Å². The van der Waals surface area contributed by atoms with E-state index in [1.165, 1.54) is 17.7 Å². The van der Waals surface area contributed by atoms with Crippen molar-refractivity contribution in [1.29, 1.82) is 0 Å². The minimum absolute atomic E-state index is 0.0533. The first-order valence-corrected chi connectivity index (χ1v) is 9.56. The summed E-state index contributed by atoms with van der Waals surface area (Å²) in [4.78, 5) is 12.6. The molecule has 0 saturated heterocycles. The van der Waals surface area contributed by atoms with Crippen LogP contribution in [0, 0.1) is 11.7 Å². The molecule has 142 valence electrons. The van der Waals surface area contributed by atoms with Gasteiger partial charge in [0.1, 0.15) is 11.6 Å². The highest BCUT2D eigenvalue weighted by atomic mass is 19.1. The number of aliphatic hydroxyl groups is 1. The number of hydrogen-bond donors (Lipinski definition) is 2. The monoisotopic (exact) mass is 369 g/mol. The quantitative estimate of drug-likeness (QED) is 0.821. The first-order chi connectivity index (χ1) is 13.1. The van der Waals surface area contributed by atoms with Crippen molar-refractivity contribution in [2.75, 3.05) is 6.61 Å². The number of carbonyl (C=O) groups excluding carboxylic acids is 1. The van der Waals surface area contributed by atoms with E-state index in [2.05, 4.69) is 11.4 Å². The van der Waals surface area contributed by atoms with Gasteiger partial charge < -0.3 is 15.2 Å². The summed E-state index contributed by atoms with van der Waals surface area (Å²) in [5, 5.41) is 12.9. The van der Waals surface area contributed by atoms with Crippen molar-refractivity contribution in [3.8, 4) is 5.75 Å². The smallest absolute Gasteiger partial charge is 0.220 e. The van der Waals surface area contributed by atoms with Crippen molar-refractivity contribution in [3.63, 3.8) is 0 Å². The molecule has 2 aromatic carbocycles. The fourth-order valence-corrected chi connectivity index (χ4v) is 3.97. The van der Waals surface area contributed by atoms with Crippen LogP contribution in [0.15, 0.2) is 42.5 Å². The molecule has 4 rings (SSSR count). The summed E-state index contributed by atoms with van der Waals surface area (Å²) in [7, 11) is 0. The van der Waals surface area contributed by atoms with Crippen LogP contribution in [0.25, 0.3) is 0 Å². The number of ether oxygens (including phenoxy) is 1. The second kappa shape index (κ2) is 7.69. The van der Waals surface area contributed by atoms with Gasteiger partial charge >= 0.3 is 0 Å². The normalized spacial score (nSPS) is 21.7. The Bertz CT molecular complexity index is 832. The number of rotatable bonds is 6. The van der Waals surface area contributed by atoms with Crippen LogP contribution in [0.2, 0.25) is 0 Å². The molecule has 0 spiro atoms. The van der Waals surface area contributed by atoms with Crippen LogP contribution < -0.4 is 10.1 Å². The molecule has 2 N–H and O–H groups in total. The van der Waals surface area contributed by atoms with E-state index in [-0.39, 0.29) is 29.8 Å². The maximum atomic E-state index is 13.3. The minimum Gasteiger partial charge on any atom is -0.493 e. The fraction of sp³-hybridized carbons (Fsp3) is 0.409. The highest BCUT2D eigenvalue weighted by Gasteiger charge is 2.36. The Morgan fingerprint density at radius 1 is 1.26 bits per heavy atom. The zero-order valence-electron chi connectivity index (χ0n) is 15.2. The van der Waals surface area contributed by atoms with Crippen molar-refractivity contribution in [2.24, 2.45) is 5.92 Å². The minimum atomic E-state index is -0.283. The third kappa shape index (κ3) is 4.14. The van der Waals surface area contributed by atoms with E-state index < -0.39 is 0 Å². The van der Waals surface area contributed by atoms with Crippen LogP contribution in [0.3, 0.4) is 0 Å². The number of fused-ring (bicyclic) bond motifs is 1. The van der Waals surface area contributed by atoms with E-state index in [0.29, 0.717) is 32.3 Å². The molecule has 0 radical (unpaired) electrons. The van der Waals surface area contributed by atoms with Gasteiger partial charge in [0.15, 0.2) is 0 Å². The predicted molar refractivity (Wildman–Crippen MR) is 100.0 cm³/mol. The van der Waals surface area contributed by atoms with Gasteiger partial charge in [-0.15, -0.1) is 0 Å². The number of aliphatic hydroxyl groups excluding tert-OH is 1. The zero-order chi connectivity index (χ0) is 18.8. The summed E-state index contributed by atoms with van der Waals surface area (Å²) < 4.78 is 18.9. The average molecular weight is 369 g/mol. The number of carbonyl (C=O) groups is 1. The van der Waals surface area contributed by atoms with Crippen molar-refractivity contribution >= 4 is 5.91 Å². The van der Waals surface area contributed by atoms with Crippen molar-refractivity contribution in [2.45, 2.75) is 44.2 Å². The van der Waals surface area contributed by atoms with Crippen molar-refractivity contribution in [3.05, 3.63) is 65.0 Å². The van der Waals surface area contributed by atoms with Gasteiger partial charge in [0.2, 0.25) is 5.91 Å². The topological polar surface area (TPSA) is 58.6 Å². The van der Waals surface area contributed by atoms with E-state index in [0.717, 1.165) is 23.3 Å². The van der Waals surface area contributed by atoms with Crippen LogP contribution in [0.5, 0.6) is 5.75 Å². The van der Waals surface area contributed by atoms with Gasteiger partial charge in [-0.3, -0.25) is 4.79 Å². The van der Waals surface area contributed by atoms with Gasteiger partial charge in [0.05, 0.1) is 18.8 Å². The van der Waals surface area contributed by atoms with Gasteiger partial charge in [-0.2, -0.15) is 0 Å². The highest BCUT2D eigenvalue weighted by molar-refractivity contribution is 5.76. The van der Waals surface area contributed by atoms with Gasteiger partial charge in [0.25, 0.3) is 0 Å². The van der Waals surface area contributed by atoms with Gasteiger partial charge in [-0.1, -0.05) is 18.2 Å². The molecule has 1 fully saturated rings. The van der Waals surface area contributed by atoms with Crippen LogP contribution >= 0.6 is 0 Å². The molecule has 2 aliphatic rings. The summed E-state index contributed by atoms with van der Waals surface area (Å²) in [6, 6.07) is 12.3. The first-order valence-electron chi connectivity index (χ1n) is 9.56. The highest BCUT2D eigenvalue weighted by Crippen LogP contribution is 2.39. The first kappa shape index (κ1) is 18.0. The molecule has 4 nitrogen and oxygen atoms in total. The standard InChI is InChI=1S/C22H24FNO3/c23-18-3-1-2-14(10-18)4-7-21(26)24-22(17-12-19(25)13-17)16-5-6-20-15(11-16)8-9-27-20/h1-3,5-6,10-11,17,19,22,25H,4,7-9,12-13H2,(H,24,26). The summed E-state index contributed by atoms with van der Waals surface area (Å²) in [6.45, 7) is 0.700. The van der Waals surface area contributed by atoms with Crippen molar-refractivity contribution in [1.82, 2.24) is 5.32 Å². The molecule has 1 aliphatic heterocycles. The Labute approximate surface area is 158 Å². The molecule has 0 aromatic heterocycles. The lowest BCUT2D eigenvalue weighted by molar-refractivity contribution is -0.123. The third-order valence-corrected chi connectivity index (χ3v) is 5.54. The number of halogens is 1. The molecule has 5 heteroatoms. The summed E-state index contributed by atoms with van der Waals surface area (Å²) in [5.41, 5.74) is 3.05. The molecule has 27 heavy (non-hydrogen) atoms. The molecule has 1 aliphatic carbocycles. The largest absolute Gasteiger partial charge is 0.493 e. The van der Waals surface area contributed by atoms with Crippen LogP contribution in [0.4, 0.5) is 4.39 Å². The SMILES string of the molecule is O=C(CCc1cccc(F)c1)NC(c1ccc2c(c1)CCO2)C1CC(O)C1. The van der Waals surface area contributed by atoms with Gasteiger partial charge in [0, 0.05) is 12.8 Å². The van der Waals surface area contributed by atoms with Crippen LogP contribution in [-0.2, 0) is 17.6 Å². The maximum absolute atomic E-state index is 13.3. The van der Waals surface area contributed by atoms with Gasteiger partial charge in [-0.05, 0) is 66.1 Å². The molecule has 1 amide bonds. The van der Waals surface area contributed by atoms with E-state index >= 15 is 0 Å². The number of amides is 1. The molecule has 1 unspecified atom stereocenters. The summed E-state index contributed by atoms with van der Waals surface area (Å²) in [6.07, 6.45) is 2.81. The molecular formula is C22H24FNO3. The average Bonchev–Trinajstić information content (AvgIpc) is 3.10. The Balaban J connectivity index is 1.44. The lowest BCUT2D eigenvalue weighted by Gasteiger charge is -2.38. The molecular weight excluding hydrogens is 345 g/mol. The Morgan fingerprint density at radius 3 is 2.89 bits per heavy atom. The molecule has 0 bridgehead atoms. The van der Waals surface area contributed by atoms with Gasteiger partial charge in [-0.25, -0.2) is 4.39 Å². The predicted octanol–water partition coefficient (Wildman–Crippen LogP) is 3.32. The molecule has 1 saturated carbocycles. The molecule has 1 heterocycles.